The van der Waals surface area contributed by atoms with Crippen molar-refractivity contribution in [2.24, 2.45) is 0 Å². The summed E-state index contributed by atoms with van der Waals surface area (Å²) in [5.41, 5.74) is 7.09. The Kier molecular flexibility index (Phi) is 4.75. The first-order valence-electron chi connectivity index (χ1n) is 8.78. The molecule has 134 valence electrons. The number of benzene rings is 2. The first-order chi connectivity index (χ1) is 13.0. The molecular formula is C23H18BrFN2. The van der Waals surface area contributed by atoms with Crippen LogP contribution in [0.1, 0.15) is 22.9 Å². The van der Waals surface area contributed by atoms with E-state index in [0.29, 0.717) is 0 Å². The Hall–Kier alpha value is -2.59. The van der Waals surface area contributed by atoms with Crippen molar-refractivity contribution in [2.75, 3.05) is 0 Å². The quantitative estimate of drug-likeness (QED) is 0.338. The largest absolute Gasteiger partial charge is 0.265 e. The van der Waals surface area contributed by atoms with Gasteiger partial charge in [-0.25, -0.2) is 9.37 Å². The monoisotopic (exact) mass is 420 g/mol. The lowest BCUT2D eigenvalue weighted by Crippen LogP contribution is -1.96. The highest BCUT2D eigenvalue weighted by Crippen LogP contribution is 2.37. The zero-order valence-corrected chi connectivity index (χ0v) is 16.7. The average molecular weight is 421 g/mol. The molecule has 0 spiro atoms. The van der Waals surface area contributed by atoms with Crippen LogP contribution in [0.4, 0.5) is 4.39 Å². The molecule has 1 unspecified atom stereocenters. The summed E-state index contributed by atoms with van der Waals surface area (Å²) in [4.78, 5) is 9.32. The number of aromatic nitrogens is 2. The molecule has 2 aromatic carbocycles. The molecule has 0 bridgehead atoms. The third-order valence-corrected chi connectivity index (χ3v) is 5.14. The molecule has 4 heteroatoms. The molecule has 1 atom stereocenters. The second-order valence-corrected chi connectivity index (χ2v) is 8.04. The van der Waals surface area contributed by atoms with E-state index in [1.807, 2.05) is 12.1 Å². The maximum atomic E-state index is 13.5. The van der Waals surface area contributed by atoms with Crippen LogP contribution in [-0.4, -0.2) is 9.97 Å². The number of rotatable bonds is 3. The molecule has 0 N–H and O–H groups in total. The number of halogens is 2. The molecule has 2 aromatic heterocycles. The first kappa shape index (κ1) is 17.8. The summed E-state index contributed by atoms with van der Waals surface area (Å²) in [5.74, 6) is -0.247. The first-order valence-corrected chi connectivity index (χ1v) is 9.70. The highest BCUT2D eigenvalue weighted by atomic mass is 79.9. The molecule has 4 rings (SSSR count). The van der Waals surface area contributed by atoms with E-state index in [9.17, 15) is 4.39 Å². The van der Waals surface area contributed by atoms with Gasteiger partial charge in [0, 0.05) is 33.7 Å². The molecule has 2 nitrogen and oxygen atoms in total. The van der Waals surface area contributed by atoms with E-state index in [2.05, 4.69) is 53.0 Å². The third kappa shape index (κ3) is 3.50. The van der Waals surface area contributed by atoms with Crippen molar-refractivity contribution in [1.29, 1.82) is 0 Å². The van der Waals surface area contributed by atoms with Crippen molar-refractivity contribution in [3.8, 4) is 22.4 Å². The molecule has 0 fully saturated rings. The summed E-state index contributed by atoms with van der Waals surface area (Å²) in [6, 6.07) is 16.9. The van der Waals surface area contributed by atoms with Gasteiger partial charge in [0.25, 0.3) is 0 Å². The second kappa shape index (κ2) is 7.20. The number of hydrogen-bond acceptors (Lipinski definition) is 2. The number of aryl methyl sites for hydroxylation is 1. The van der Waals surface area contributed by atoms with Crippen molar-refractivity contribution in [1.82, 2.24) is 9.97 Å². The van der Waals surface area contributed by atoms with E-state index in [1.165, 1.54) is 23.3 Å². The van der Waals surface area contributed by atoms with Crippen LogP contribution in [0.5, 0.6) is 0 Å². The molecule has 0 aliphatic rings. The molecule has 0 saturated heterocycles. The number of fused-ring (bicyclic) bond motifs is 1. The normalized spacial score (nSPS) is 12.3. The number of hydrogen-bond donors (Lipinski definition) is 0. The molecular weight excluding hydrogens is 403 g/mol. The van der Waals surface area contributed by atoms with E-state index >= 15 is 0 Å². The van der Waals surface area contributed by atoms with Crippen LogP contribution in [0.3, 0.4) is 0 Å². The van der Waals surface area contributed by atoms with Gasteiger partial charge in [0.05, 0.1) is 11.2 Å². The Bertz CT molecular complexity index is 1110. The lowest BCUT2D eigenvalue weighted by Gasteiger charge is -2.15. The van der Waals surface area contributed by atoms with Gasteiger partial charge in [-0.05, 0) is 66.9 Å². The lowest BCUT2D eigenvalue weighted by molar-refractivity contribution is 0.628. The topological polar surface area (TPSA) is 25.8 Å². The zero-order valence-electron chi connectivity index (χ0n) is 15.1. The molecule has 0 amide bonds. The molecule has 0 radical (unpaired) electrons. The van der Waals surface area contributed by atoms with E-state index in [4.69, 9.17) is 4.98 Å². The van der Waals surface area contributed by atoms with Gasteiger partial charge in [0.15, 0.2) is 0 Å². The van der Waals surface area contributed by atoms with Crippen LogP contribution >= 0.6 is 15.9 Å². The van der Waals surface area contributed by atoms with Crippen LogP contribution in [0.25, 0.3) is 33.3 Å². The SMILES string of the molecule is Cc1cc(C(C)Br)c2cc(-c3ccc(F)cc3)c(-c3ccncc3)nc2c1. The van der Waals surface area contributed by atoms with Crippen LogP contribution in [0.2, 0.25) is 0 Å². The van der Waals surface area contributed by atoms with Crippen LogP contribution in [0.15, 0.2) is 67.0 Å². The van der Waals surface area contributed by atoms with Crippen molar-refractivity contribution in [3.05, 3.63) is 83.9 Å². The Labute approximate surface area is 166 Å². The summed E-state index contributed by atoms with van der Waals surface area (Å²) in [7, 11) is 0. The summed E-state index contributed by atoms with van der Waals surface area (Å²) >= 11 is 3.71. The second-order valence-electron chi connectivity index (χ2n) is 6.66. The Balaban J connectivity index is 2.07. The van der Waals surface area contributed by atoms with Gasteiger partial charge >= 0.3 is 0 Å². The van der Waals surface area contributed by atoms with E-state index < -0.39 is 0 Å². The summed E-state index contributed by atoms with van der Waals surface area (Å²) < 4.78 is 13.5. The summed E-state index contributed by atoms with van der Waals surface area (Å²) in [6.45, 7) is 4.20. The molecule has 0 saturated carbocycles. The number of nitrogens with zero attached hydrogens (tertiary/aromatic N) is 2. The third-order valence-electron chi connectivity index (χ3n) is 4.65. The van der Waals surface area contributed by atoms with Crippen LogP contribution in [0, 0.1) is 12.7 Å². The highest BCUT2D eigenvalue weighted by Gasteiger charge is 2.15. The zero-order chi connectivity index (χ0) is 19.0. The van der Waals surface area contributed by atoms with Crippen molar-refractivity contribution in [2.45, 2.75) is 18.7 Å². The molecule has 0 aliphatic heterocycles. The van der Waals surface area contributed by atoms with Crippen molar-refractivity contribution in [3.63, 3.8) is 0 Å². The molecule has 4 aromatic rings. The van der Waals surface area contributed by atoms with Gasteiger partial charge < -0.3 is 0 Å². The predicted octanol–water partition coefficient (Wildman–Crippen LogP) is 6.87. The van der Waals surface area contributed by atoms with Gasteiger partial charge in [-0.2, -0.15) is 0 Å². The highest BCUT2D eigenvalue weighted by molar-refractivity contribution is 9.09. The fraction of sp³-hybridized carbons (Fsp3) is 0.130. The van der Waals surface area contributed by atoms with Crippen LogP contribution < -0.4 is 0 Å². The van der Waals surface area contributed by atoms with Crippen LogP contribution in [-0.2, 0) is 0 Å². The fourth-order valence-corrected chi connectivity index (χ4v) is 3.74. The van der Waals surface area contributed by atoms with E-state index in [1.54, 1.807) is 24.5 Å². The smallest absolute Gasteiger partial charge is 0.123 e. The Morgan fingerprint density at radius 2 is 1.63 bits per heavy atom. The number of alkyl halides is 1. The van der Waals surface area contributed by atoms with Gasteiger partial charge in [-0.3, -0.25) is 4.98 Å². The number of pyridine rings is 2. The van der Waals surface area contributed by atoms with Gasteiger partial charge in [0.1, 0.15) is 5.82 Å². The average Bonchev–Trinajstić information content (AvgIpc) is 2.67. The van der Waals surface area contributed by atoms with Gasteiger partial charge in [-0.15, -0.1) is 0 Å². The van der Waals surface area contributed by atoms with Gasteiger partial charge in [-0.1, -0.05) is 34.1 Å². The predicted molar refractivity (Wildman–Crippen MR) is 112 cm³/mol. The van der Waals surface area contributed by atoms with Gasteiger partial charge in [0.2, 0.25) is 0 Å². The van der Waals surface area contributed by atoms with Crippen molar-refractivity contribution >= 4 is 26.8 Å². The maximum Gasteiger partial charge on any atom is 0.123 e. The lowest BCUT2D eigenvalue weighted by atomic mass is 9.95. The Morgan fingerprint density at radius 3 is 2.30 bits per heavy atom. The van der Waals surface area contributed by atoms with E-state index in [-0.39, 0.29) is 10.6 Å². The molecule has 2 heterocycles. The van der Waals surface area contributed by atoms with Crippen molar-refractivity contribution < 1.29 is 4.39 Å². The maximum absolute atomic E-state index is 13.5. The minimum absolute atomic E-state index is 0.203. The molecule has 0 aliphatic carbocycles. The van der Waals surface area contributed by atoms with E-state index in [0.717, 1.165) is 33.3 Å². The Morgan fingerprint density at radius 1 is 0.926 bits per heavy atom. The fourth-order valence-electron chi connectivity index (χ4n) is 3.36. The minimum atomic E-state index is -0.247. The summed E-state index contributed by atoms with van der Waals surface area (Å²) in [6.07, 6.45) is 3.52. The summed E-state index contributed by atoms with van der Waals surface area (Å²) in [5, 5.41) is 1.10. The molecule has 27 heavy (non-hydrogen) atoms. The minimum Gasteiger partial charge on any atom is -0.265 e. The standard InChI is InChI=1S/C23H18BrFN2/c1-14-11-19(15(2)24)21-13-20(16-3-5-18(25)6-4-16)23(27-22(21)12-14)17-7-9-26-10-8-17/h3-13,15H,1-2H3.